The lowest BCUT2D eigenvalue weighted by molar-refractivity contribution is -0.148. The molecule has 28 heavy (non-hydrogen) atoms. The van der Waals surface area contributed by atoms with Crippen LogP contribution in [0.1, 0.15) is 36.8 Å². The molecule has 2 atom stereocenters. The molecule has 1 saturated carbocycles. The van der Waals surface area contributed by atoms with E-state index in [2.05, 4.69) is 5.32 Å². The van der Waals surface area contributed by atoms with Crippen molar-refractivity contribution >= 4 is 11.9 Å². The number of nitrogens with one attached hydrogen (secondary N) is 1. The Balaban J connectivity index is 1.50. The van der Waals surface area contributed by atoms with E-state index in [-0.39, 0.29) is 18.3 Å². The SMILES string of the molecule is O=C(O)C1CCCCC1C(=O)NCc1ccc(OCc2ccccc2F)cc1. The van der Waals surface area contributed by atoms with E-state index in [0.29, 0.717) is 30.7 Å². The predicted molar refractivity (Wildman–Crippen MR) is 102 cm³/mol. The molecule has 0 radical (unpaired) electrons. The Labute approximate surface area is 163 Å². The molecule has 3 rings (SSSR count). The number of hydrogen-bond acceptors (Lipinski definition) is 3. The Morgan fingerprint density at radius 2 is 1.71 bits per heavy atom. The third-order valence-electron chi connectivity index (χ3n) is 5.16. The summed E-state index contributed by atoms with van der Waals surface area (Å²) >= 11 is 0. The first-order chi connectivity index (χ1) is 13.5. The van der Waals surface area contributed by atoms with Crippen molar-refractivity contribution in [2.24, 2.45) is 11.8 Å². The molecular formula is C22H24FNO4. The Morgan fingerprint density at radius 1 is 1.04 bits per heavy atom. The fourth-order valence-electron chi connectivity index (χ4n) is 3.54. The summed E-state index contributed by atoms with van der Waals surface area (Å²) in [4.78, 5) is 23.8. The summed E-state index contributed by atoms with van der Waals surface area (Å²) in [7, 11) is 0. The second-order valence-corrected chi connectivity index (χ2v) is 7.08. The molecule has 0 aliphatic heterocycles. The molecule has 0 bridgehead atoms. The smallest absolute Gasteiger partial charge is 0.307 e. The molecule has 148 valence electrons. The minimum absolute atomic E-state index is 0.140. The number of amides is 1. The van der Waals surface area contributed by atoms with Gasteiger partial charge in [-0.05, 0) is 36.6 Å². The van der Waals surface area contributed by atoms with Crippen LogP contribution >= 0.6 is 0 Å². The molecule has 2 unspecified atom stereocenters. The van der Waals surface area contributed by atoms with Gasteiger partial charge in [-0.2, -0.15) is 0 Å². The van der Waals surface area contributed by atoms with Gasteiger partial charge in [0.15, 0.2) is 0 Å². The minimum Gasteiger partial charge on any atom is -0.489 e. The number of carboxylic acids is 1. The third-order valence-corrected chi connectivity index (χ3v) is 5.16. The van der Waals surface area contributed by atoms with Crippen LogP contribution in [0.3, 0.4) is 0 Å². The van der Waals surface area contributed by atoms with E-state index in [1.54, 1.807) is 30.3 Å². The lowest BCUT2D eigenvalue weighted by Crippen LogP contribution is -2.39. The van der Waals surface area contributed by atoms with E-state index < -0.39 is 17.8 Å². The normalized spacial score (nSPS) is 19.0. The third kappa shape index (κ3) is 5.09. The number of rotatable bonds is 7. The zero-order chi connectivity index (χ0) is 19.9. The molecule has 2 aromatic carbocycles. The quantitative estimate of drug-likeness (QED) is 0.758. The summed E-state index contributed by atoms with van der Waals surface area (Å²) in [6, 6.07) is 13.6. The van der Waals surface area contributed by atoms with Crippen LogP contribution in [0.25, 0.3) is 0 Å². The maximum atomic E-state index is 13.6. The molecule has 6 heteroatoms. The predicted octanol–water partition coefficient (Wildman–Crippen LogP) is 3.91. The molecule has 0 spiro atoms. The first-order valence-corrected chi connectivity index (χ1v) is 9.50. The van der Waals surface area contributed by atoms with Crippen molar-refractivity contribution in [1.29, 1.82) is 0 Å². The summed E-state index contributed by atoms with van der Waals surface area (Å²) < 4.78 is 19.2. The van der Waals surface area contributed by atoms with Gasteiger partial charge in [-0.15, -0.1) is 0 Å². The van der Waals surface area contributed by atoms with E-state index in [9.17, 15) is 19.1 Å². The Bertz CT molecular complexity index is 822. The molecule has 0 heterocycles. The first-order valence-electron chi connectivity index (χ1n) is 9.50. The van der Waals surface area contributed by atoms with E-state index in [1.807, 2.05) is 12.1 Å². The van der Waals surface area contributed by atoms with Crippen LogP contribution in [0.4, 0.5) is 4.39 Å². The van der Waals surface area contributed by atoms with E-state index in [4.69, 9.17) is 4.74 Å². The lowest BCUT2D eigenvalue weighted by atomic mass is 9.78. The van der Waals surface area contributed by atoms with Gasteiger partial charge in [-0.1, -0.05) is 43.2 Å². The van der Waals surface area contributed by atoms with Gasteiger partial charge in [0.25, 0.3) is 0 Å². The van der Waals surface area contributed by atoms with Crippen molar-refractivity contribution in [3.05, 3.63) is 65.5 Å². The molecule has 0 aromatic heterocycles. The van der Waals surface area contributed by atoms with Crippen molar-refractivity contribution < 1.29 is 23.8 Å². The van der Waals surface area contributed by atoms with Gasteiger partial charge in [0.1, 0.15) is 18.2 Å². The average molecular weight is 385 g/mol. The van der Waals surface area contributed by atoms with Gasteiger partial charge in [0, 0.05) is 12.1 Å². The highest BCUT2D eigenvalue weighted by Crippen LogP contribution is 2.30. The molecule has 2 N–H and O–H groups in total. The molecule has 1 aliphatic carbocycles. The zero-order valence-electron chi connectivity index (χ0n) is 15.6. The van der Waals surface area contributed by atoms with Crippen LogP contribution in [0, 0.1) is 17.7 Å². The highest BCUT2D eigenvalue weighted by molar-refractivity contribution is 5.84. The minimum atomic E-state index is -0.892. The number of hydrogen-bond donors (Lipinski definition) is 2. The maximum Gasteiger partial charge on any atom is 0.307 e. The van der Waals surface area contributed by atoms with Crippen LogP contribution in [-0.2, 0) is 22.7 Å². The van der Waals surface area contributed by atoms with Gasteiger partial charge in [-0.3, -0.25) is 9.59 Å². The average Bonchev–Trinajstić information content (AvgIpc) is 2.72. The standard InChI is InChI=1S/C22H24FNO4/c23-20-8-4-1-5-16(20)14-28-17-11-9-15(10-12-17)13-24-21(25)18-6-2-3-7-19(18)22(26)27/h1,4-5,8-12,18-19H,2-3,6-7,13-14H2,(H,24,25)(H,26,27). The number of ether oxygens (including phenoxy) is 1. The molecular weight excluding hydrogens is 361 g/mol. The number of halogens is 1. The molecule has 0 saturated heterocycles. The number of carbonyl (C=O) groups excluding carboxylic acids is 1. The number of benzene rings is 2. The topological polar surface area (TPSA) is 75.6 Å². The Hall–Kier alpha value is -2.89. The molecule has 1 amide bonds. The number of carbonyl (C=O) groups is 2. The maximum absolute atomic E-state index is 13.6. The second-order valence-electron chi connectivity index (χ2n) is 7.08. The second kappa shape index (κ2) is 9.35. The fourth-order valence-corrected chi connectivity index (χ4v) is 3.54. The van der Waals surface area contributed by atoms with Crippen LogP contribution in [0.5, 0.6) is 5.75 Å². The summed E-state index contributed by atoms with van der Waals surface area (Å²) in [6.45, 7) is 0.469. The van der Waals surface area contributed by atoms with Gasteiger partial charge in [0.2, 0.25) is 5.91 Å². The van der Waals surface area contributed by atoms with E-state index in [0.717, 1.165) is 18.4 Å². The van der Waals surface area contributed by atoms with Crippen molar-refractivity contribution in [3.63, 3.8) is 0 Å². The van der Waals surface area contributed by atoms with Crippen molar-refractivity contribution in [3.8, 4) is 5.75 Å². The van der Waals surface area contributed by atoms with Crippen LogP contribution in [0.15, 0.2) is 48.5 Å². The molecule has 1 fully saturated rings. The van der Waals surface area contributed by atoms with Gasteiger partial charge in [-0.25, -0.2) is 4.39 Å². The summed E-state index contributed by atoms with van der Waals surface area (Å²) in [6.07, 6.45) is 2.91. The van der Waals surface area contributed by atoms with Crippen LogP contribution < -0.4 is 10.1 Å². The van der Waals surface area contributed by atoms with E-state index in [1.165, 1.54) is 6.07 Å². The Kier molecular flexibility index (Phi) is 6.63. The number of aliphatic carboxylic acids is 1. The highest BCUT2D eigenvalue weighted by atomic mass is 19.1. The summed E-state index contributed by atoms with van der Waals surface area (Å²) in [5, 5.41) is 12.2. The fraction of sp³-hybridized carbons (Fsp3) is 0.364. The number of carboxylic acid groups (broad SMARTS) is 1. The Morgan fingerprint density at radius 3 is 2.39 bits per heavy atom. The molecule has 1 aliphatic rings. The largest absolute Gasteiger partial charge is 0.489 e. The van der Waals surface area contributed by atoms with E-state index >= 15 is 0 Å². The van der Waals surface area contributed by atoms with Crippen molar-refractivity contribution in [2.75, 3.05) is 0 Å². The summed E-state index contributed by atoms with van der Waals surface area (Å²) in [5.41, 5.74) is 1.37. The highest BCUT2D eigenvalue weighted by Gasteiger charge is 2.35. The van der Waals surface area contributed by atoms with Gasteiger partial charge < -0.3 is 15.2 Å². The van der Waals surface area contributed by atoms with Gasteiger partial charge in [0.05, 0.1) is 11.8 Å². The van der Waals surface area contributed by atoms with Crippen molar-refractivity contribution in [2.45, 2.75) is 38.8 Å². The monoisotopic (exact) mass is 385 g/mol. The molecule has 5 nitrogen and oxygen atoms in total. The van der Waals surface area contributed by atoms with Crippen LogP contribution in [-0.4, -0.2) is 17.0 Å². The van der Waals surface area contributed by atoms with Crippen molar-refractivity contribution in [1.82, 2.24) is 5.32 Å². The summed E-state index contributed by atoms with van der Waals surface area (Å²) in [5.74, 6) is -1.85. The van der Waals surface area contributed by atoms with Gasteiger partial charge >= 0.3 is 5.97 Å². The first kappa shape index (κ1) is 19.9. The van der Waals surface area contributed by atoms with Crippen LogP contribution in [0.2, 0.25) is 0 Å². The lowest BCUT2D eigenvalue weighted by Gasteiger charge is -2.27. The zero-order valence-corrected chi connectivity index (χ0v) is 15.6. The molecule has 2 aromatic rings.